The molecular weight excluding hydrogens is 321 g/mol. The van der Waals surface area contributed by atoms with Gasteiger partial charge in [0.2, 0.25) is 0 Å². The average Bonchev–Trinajstić information content (AvgIpc) is 2.47. The Balaban J connectivity index is 2.08. The van der Waals surface area contributed by atoms with E-state index < -0.39 is 12.5 Å². The molecule has 0 aromatic heterocycles. The summed E-state index contributed by atoms with van der Waals surface area (Å²) in [5.74, 6) is -0.123. The molecule has 24 heavy (non-hydrogen) atoms. The van der Waals surface area contributed by atoms with Crippen molar-refractivity contribution in [3.05, 3.63) is 34.9 Å². The van der Waals surface area contributed by atoms with E-state index in [2.05, 4.69) is 4.74 Å². The van der Waals surface area contributed by atoms with Crippen LogP contribution in [0.15, 0.2) is 18.2 Å². The van der Waals surface area contributed by atoms with Crippen molar-refractivity contribution in [3.8, 4) is 0 Å². The van der Waals surface area contributed by atoms with Gasteiger partial charge in [0.1, 0.15) is 0 Å². The molecular formula is C18H23F3O3. The summed E-state index contributed by atoms with van der Waals surface area (Å²) in [6, 6.07) is 5.77. The topological polar surface area (TPSA) is 35.5 Å². The van der Waals surface area contributed by atoms with Crippen LogP contribution >= 0.6 is 0 Å². The number of carbonyl (C=O) groups excluding carboxylic acids is 1. The molecule has 1 aliphatic rings. The number of carbonyl (C=O) groups is 1. The van der Waals surface area contributed by atoms with Crippen molar-refractivity contribution < 1.29 is 27.4 Å². The Bertz CT molecular complexity index is 561. The summed E-state index contributed by atoms with van der Waals surface area (Å²) in [5.41, 5.74) is 3.06. The van der Waals surface area contributed by atoms with Gasteiger partial charge in [0.25, 0.3) is 0 Å². The van der Waals surface area contributed by atoms with E-state index in [4.69, 9.17) is 4.74 Å². The lowest BCUT2D eigenvalue weighted by molar-refractivity contribution is -0.345. The minimum atomic E-state index is -4.57. The quantitative estimate of drug-likeness (QED) is 0.729. The van der Waals surface area contributed by atoms with Gasteiger partial charge in [-0.25, -0.2) is 0 Å². The molecule has 1 aromatic rings. The maximum absolute atomic E-state index is 12.3. The summed E-state index contributed by atoms with van der Waals surface area (Å²) in [4.78, 5) is 11.8. The second-order valence-corrected chi connectivity index (χ2v) is 6.17. The Hall–Kier alpha value is -1.56. The lowest BCUT2D eigenvalue weighted by Crippen LogP contribution is -2.28. The van der Waals surface area contributed by atoms with E-state index >= 15 is 0 Å². The fourth-order valence-corrected chi connectivity index (χ4v) is 3.51. The highest BCUT2D eigenvalue weighted by Crippen LogP contribution is 2.39. The lowest BCUT2D eigenvalue weighted by atomic mass is 9.78. The predicted octanol–water partition coefficient (Wildman–Crippen LogP) is 4.66. The molecule has 134 valence electrons. The number of esters is 1. The summed E-state index contributed by atoms with van der Waals surface area (Å²) in [6.07, 6.45) is -3.14. The molecule has 0 spiro atoms. The van der Waals surface area contributed by atoms with Crippen molar-refractivity contribution >= 4 is 5.97 Å². The van der Waals surface area contributed by atoms with E-state index in [9.17, 15) is 18.0 Å². The van der Waals surface area contributed by atoms with Crippen LogP contribution in [0.4, 0.5) is 13.2 Å². The van der Waals surface area contributed by atoms with Crippen LogP contribution in [0.3, 0.4) is 0 Å². The Labute approximate surface area is 140 Å². The summed E-state index contributed by atoms with van der Waals surface area (Å²) in [5, 5.41) is 0. The normalized spacial score (nSPS) is 21.5. The van der Waals surface area contributed by atoms with Gasteiger partial charge in [-0.1, -0.05) is 18.2 Å². The molecule has 0 bridgehead atoms. The van der Waals surface area contributed by atoms with Crippen molar-refractivity contribution in [3.63, 3.8) is 0 Å². The third-order valence-corrected chi connectivity index (χ3v) is 4.44. The van der Waals surface area contributed by atoms with Crippen LogP contribution in [0.1, 0.15) is 55.2 Å². The maximum Gasteiger partial charge on any atom is 0.522 e. The van der Waals surface area contributed by atoms with Gasteiger partial charge in [-0.3, -0.25) is 9.53 Å². The van der Waals surface area contributed by atoms with Crippen LogP contribution in [0, 0.1) is 6.92 Å². The number of hydrogen-bond donors (Lipinski definition) is 0. The second-order valence-electron chi connectivity index (χ2n) is 6.17. The van der Waals surface area contributed by atoms with Crippen molar-refractivity contribution in [2.45, 2.75) is 64.3 Å². The molecule has 1 aliphatic carbocycles. The Morgan fingerprint density at radius 1 is 1.21 bits per heavy atom. The van der Waals surface area contributed by atoms with E-state index in [1.807, 2.05) is 25.1 Å². The number of benzene rings is 1. The Morgan fingerprint density at radius 2 is 1.88 bits per heavy atom. The maximum atomic E-state index is 12.3. The van der Waals surface area contributed by atoms with E-state index in [0.29, 0.717) is 32.3 Å². The number of aryl methyl sites for hydroxylation is 1. The molecule has 1 aromatic carbocycles. The molecule has 3 nitrogen and oxygen atoms in total. The average molecular weight is 344 g/mol. The summed E-state index contributed by atoms with van der Waals surface area (Å²) in [6.45, 7) is 4.07. The van der Waals surface area contributed by atoms with Crippen molar-refractivity contribution in [2.75, 3.05) is 6.61 Å². The van der Waals surface area contributed by atoms with Gasteiger partial charge in [0.05, 0.1) is 19.1 Å². The lowest BCUT2D eigenvalue weighted by Gasteiger charge is -2.31. The summed E-state index contributed by atoms with van der Waals surface area (Å²) >= 11 is 0. The van der Waals surface area contributed by atoms with Crippen LogP contribution in [0.2, 0.25) is 0 Å². The zero-order valence-corrected chi connectivity index (χ0v) is 14.0. The Morgan fingerprint density at radius 3 is 2.46 bits per heavy atom. The van der Waals surface area contributed by atoms with Crippen LogP contribution in [0.5, 0.6) is 0 Å². The molecule has 2 rings (SSSR count). The van der Waals surface area contributed by atoms with Crippen LogP contribution in [-0.4, -0.2) is 25.0 Å². The number of rotatable bonds is 5. The first-order chi connectivity index (χ1) is 11.3. The second kappa shape index (κ2) is 8.01. The fraction of sp³-hybridized carbons (Fsp3) is 0.611. The Kier molecular flexibility index (Phi) is 6.27. The fourth-order valence-electron chi connectivity index (χ4n) is 3.51. The number of halogens is 3. The monoisotopic (exact) mass is 344 g/mol. The van der Waals surface area contributed by atoms with Gasteiger partial charge in [-0.15, -0.1) is 13.2 Å². The molecule has 0 heterocycles. The van der Waals surface area contributed by atoms with E-state index in [1.165, 1.54) is 0 Å². The minimum absolute atomic E-state index is 0.156. The molecule has 6 heteroatoms. The smallest absolute Gasteiger partial charge is 0.466 e. The van der Waals surface area contributed by atoms with Gasteiger partial charge in [-0.2, -0.15) is 0 Å². The van der Waals surface area contributed by atoms with E-state index in [-0.39, 0.29) is 18.3 Å². The van der Waals surface area contributed by atoms with E-state index in [1.54, 1.807) is 6.92 Å². The van der Waals surface area contributed by atoms with Crippen molar-refractivity contribution in [1.82, 2.24) is 0 Å². The first kappa shape index (κ1) is 18.8. The van der Waals surface area contributed by atoms with E-state index in [0.717, 1.165) is 16.7 Å². The van der Waals surface area contributed by atoms with Gasteiger partial charge in [0, 0.05) is 0 Å². The van der Waals surface area contributed by atoms with Gasteiger partial charge in [-0.05, 0) is 62.1 Å². The zero-order valence-electron chi connectivity index (χ0n) is 14.0. The highest BCUT2D eigenvalue weighted by Gasteiger charge is 2.36. The summed E-state index contributed by atoms with van der Waals surface area (Å²) in [7, 11) is 0. The minimum Gasteiger partial charge on any atom is -0.466 e. The largest absolute Gasteiger partial charge is 0.522 e. The van der Waals surface area contributed by atoms with Crippen molar-refractivity contribution in [2.24, 2.45) is 0 Å². The molecule has 1 fully saturated rings. The molecule has 0 unspecified atom stereocenters. The number of hydrogen-bond acceptors (Lipinski definition) is 3. The van der Waals surface area contributed by atoms with Crippen LogP contribution < -0.4 is 0 Å². The highest BCUT2D eigenvalue weighted by atomic mass is 19.4. The zero-order chi connectivity index (χ0) is 17.7. The molecule has 0 saturated heterocycles. The van der Waals surface area contributed by atoms with Gasteiger partial charge >= 0.3 is 12.3 Å². The predicted molar refractivity (Wildman–Crippen MR) is 83.7 cm³/mol. The molecule has 0 radical (unpaired) electrons. The third kappa shape index (κ3) is 5.23. The molecule has 1 saturated carbocycles. The first-order valence-corrected chi connectivity index (χ1v) is 8.28. The van der Waals surface area contributed by atoms with Crippen LogP contribution in [-0.2, 0) is 20.7 Å². The van der Waals surface area contributed by atoms with Gasteiger partial charge in [0.15, 0.2) is 0 Å². The first-order valence-electron chi connectivity index (χ1n) is 8.28. The van der Waals surface area contributed by atoms with Gasteiger partial charge < -0.3 is 4.74 Å². The molecule has 0 atom stereocenters. The molecule has 0 amide bonds. The number of alkyl halides is 3. The molecule has 0 aliphatic heterocycles. The standard InChI is InChI=1S/C18H23F3O3/c1-3-23-16(22)11-14-6-4-5-12(2)17(14)13-7-9-15(10-8-13)24-18(19,20)21/h4-6,13,15H,3,7-11H2,1-2H3. The highest BCUT2D eigenvalue weighted by molar-refractivity contribution is 5.73. The summed E-state index contributed by atoms with van der Waals surface area (Å²) < 4.78 is 46.2. The van der Waals surface area contributed by atoms with Crippen molar-refractivity contribution in [1.29, 1.82) is 0 Å². The SMILES string of the molecule is CCOC(=O)Cc1cccc(C)c1C1CCC(OC(F)(F)F)CC1. The molecule has 0 N–H and O–H groups in total. The number of ether oxygens (including phenoxy) is 2. The van der Waals surface area contributed by atoms with Crippen LogP contribution in [0.25, 0.3) is 0 Å². The third-order valence-electron chi connectivity index (χ3n) is 4.44.